The number of ether oxygens (including phenoxy) is 3. The van der Waals surface area contributed by atoms with E-state index < -0.39 is 0 Å². The molecular weight excluding hydrogens is 370 g/mol. The number of aromatic nitrogens is 2. The summed E-state index contributed by atoms with van der Waals surface area (Å²) in [6.45, 7) is 1.85. The summed E-state index contributed by atoms with van der Waals surface area (Å²) in [5.74, 6) is 2.16. The molecule has 0 bridgehead atoms. The maximum atomic E-state index is 12.4. The van der Waals surface area contributed by atoms with Crippen LogP contribution in [-0.2, 0) is 28.9 Å². The number of fused-ring (bicyclic) bond motifs is 1. The maximum Gasteiger partial charge on any atom is 0.224 e. The molecule has 0 radical (unpaired) electrons. The molecule has 0 spiro atoms. The minimum atomic E-state index is -0.0447. The Bertz CT molecular complexity index is 968. The second kappa shape index (κ2) is 9.93. The molecule has 2 aromatic carbocycles. The van der Waals surface area contributed by atoms with E-state index in [0.29, 0.717) is 31.1 Å². The van der Waals surface area contributed by atoms with Gasteiger partial charge in [-0.15, -0.1) is 0 Å². The molecule has 29 heavy (non-hydrogen) atoms. The van der Waals surface area contributed by atoms with Gasteiger partial charge in [0, 0.05) is 26.6 Å². The number of nitrogens with zero attached hydrogens (tertiary/aromatic N) is 2. The fourth-order valence-corrected chi connectivity index (χ4v) is 3.30. The Morgan fingerprint density at radius 1 is 1.07 bits per heavy atom. The molecule has 0 aliphatic carbocycles. The Labute approximate surface area is 170 Å². The van der Waals surface area contributed by atoms with Crippen LogP contribution in [0.4, 0.5) is 0 Å². The number of methoxy groups -OCH3 is 3. The highest BCUT2D eigenvalue weighted by Crippen LogP contribution is 2.27. The van der Waals surface area contributed by atoms with Crippen molar-refractivity contribution < 1.29 is 19.0 Å². The first-order chi connectivity index (χ1) is 14.2. The van der Waals surface area contributed by atoms with Crippen LogP contribution in [0.25, 0.3) is 11.0 Å². The number of imidazole rings is 1. The first-order valence-electron chi connectivity index (χ1n) is 9.57. The van der Waals surface area contributed by atoms with Crippen molar-refractivity contribution in [1.82, 2.24) is 14.9 Å². The minimum Gasteiger partial charge on any atom is -0.493 e. The zero-order chi connectivity index (χ0) is 20.6. The van der Waals surface area contributed by atoms with Gasteiger partial charge in [-0.2, -0.15) is 0 Å². The van der Waals surface area contributed by atoms with Crippen LogP contribution in [0.5, 0.6) is 11.5 Å². The fraction of sp³-hybridized carbons (Fsp3) is 0.364. The van der Waals surface area contributed by atoms with Crippen LogP contribution >= 0.6 is 0 Å². The number of para-hydroxylation sites is 2. The van der Waals surface area contributed by atoms with Crippen molar-refractivity contribution in [2.75, 3.05) is 34.5 Å². The predicted octanol–water partition coefficient (Wildman–Crippen LogP) is 2.60. The van der Waals surface area contributed by atoms with E-state index in [0.717, 1.165) is 29.0 Å². The number of nitrogens with one attached hydrogen (secondary N) is 1. The summed E-state index contributed by atoms with van der Waals surface area (Å²) in [5, 5.41) is 2.98. The van der Waals surface area contributed by atoms with Gasteiger partial charge in [0.2, 0.25) is 5.91 Å². The molecule has 0 fully saturated rings. The molecule has 1 amide bonds. The third kappa shape index (κ3) is 5.06. The molecule has 7 nitrogen and oxygen atoms in total. The topological polar surface area (TPSA) is 74.6 Å². The van der Waals surface area contributed by atoms with Gasteiger partial charge in [0.05, 0.1) is 38.3 Å². The number of hydrogen-bond acceptors (Lipinski definition) is 5. The highest BCUT2D eigenvalue weighted by atomic mass is 16.5. The van der Waals surface area contributed by atoms with Crippen molar-refractivity contribution in [2.24, 2.45) is 0 Å². The lowest BCUT2D eigenvalue weighted by Gasteiger charge is -2.11. The average molecular weight is 397 g/mol. The number of rotatable bonds is 10. The molecule has 3 rings (SSSR count). The smallest absolute Gasteiger partial charge is 0.224 e. The standard InChI is InChI=1S/C22H27N3O4/c1-27-13-12-25-18-7-5-4-6-17(18)24-21(25)10-11-23-22(26)15-16-8-9-19(28-2)20(14-16)29-3/h4-9,14H,10-13,15H2,1-3H3,(H,23,26). The Morgan fingerprint density at radius 2 is 1.86 bits per heavy atom. The monoisotopic (exact) mass is 397 g/mol. The normalized spacial score (nSPS) is 10.9. The number of amides is 1. The van der Waals surface area contributed by atoms with E-state index >= 15 is 0 Å². The Morgan fingerprint density at radius 3 is 2.62 bits per heavy atom. The van der Waals surface area contributed by atoms with Crippen LogP contribution in [0.3, 0.4) is 0 Å². The van der Waals surface area contributed by atoms with Crippen molar-refractivity contribution in [2.45, 2.75) is 19.4 Å². The van der Waals surface area contributed by atoms with Gasteiger partial charge in [0.15, 0.2) is 11.5 Å². The van der Waals surface area contributed by atoms with E-state index in [4.69, 9.17) is 19.2 Å². The summed E-state index contributed by atoms with van der Waals surface area (Å²) in [5.41, 5.74) is 2.90. The van der Waals surface area contributed by atoms with Crippen molar-refractivity contribution in [3.05, 3.63) is 53.9 Å². The molecule has 0 aliphatic heterocycles. The molecule has 7 heteroatoms. The quantitative estimate of drug-likeness (QED) is 0.569. The highest BCUT2D eigenvalue weighted by Gasteiger charge is 2.12. The summed E-state index contributed by atoms with van der Waals surface area (Å²) < 4.78 is 17.9. The van der Waals surface area contributed by atoms with Crippen LogP contribution in [0.15, 0.2) is 42.5 Å². The maximum absolute atomic E-state index is 12.4. The zero-order valence-corrected chi connectivity index (χ0v) is 17.1. The molecular formula is C22H27N3O4. The molecule has 1 N–H and O–H groups in total. The molecule has 154 valence electrons. The van der Waals surface area contributed by atoms with E-state index in [2.05, 4.69) is 16.0 Å². The number of hydrogen-bond donors (Lipinski definition) is 1. The predicted molar refractivity (Wildman–Crippen MR) is 112 cm³/mol. The van der Waals surface area contributed by atoms with Gasteiger partial charge in [-0.1, -0.05) is 18.2 Å². The van der Waals surface area contributed by atoms with Crippen molar-refractivity contribution >= 4 is 16.9 Å². The van der Waals surface area contributed by atoms with Gasteiger partial charge in [-0.25, -0.2) is 4.98 Å². The van der Waals surface area contributed by atoms with E-state index in [1.165, 1.54) is 0 Å². The van der Waals surface area contributed by atoms with Crippen molar-refractivity contribution in [1.29, 1.82) is 0 Å². The molecule has 0 unspecified atom stereocenters. The van der Waals surface area contributed by atoms with Crippen LogP contribution in [0, 0.1) is 0 Å². The van der Waals surface area contributed by atoms with Gasteiger partial charge in [-0.05, 0) is 29.8 Å². The summed E-state index contributed by atoms with van der Waals surface area (Å²) in [7, 11) is 4.86. The van der Waals surface area contributed by atoms with E-state index in [1.54, 1.807) is 27.4 Å². The first-order valence-corrected chi connectivity index (χ1v) is 9.57. The molecule has 0 atom stereocenters. The van der Waals surface area contributed by atoms with E-state index in [1.807, 2.05) is 30.3 Å². The van der Waals surface area contributed by atoms with Gasteiger partial charge in [0.25, 0.3) is 0 Å². The van der Waals surface area contributed by atoms with Crippen molar-refractivity contribution in [3.63, 3.8) is 0 Å². The SMILES string of the molecule is COCCn1c(CCNC(=O)Cc2ccc(OC)c(OC)c2)nc2ccccc21. The van der Waals surface area contributed by atoms with Crippen LogP contribution in [0.1, 0.15) is 11.4 Å². The van der Waals surface area contributed by atoms with Crippen molar-refractivity contribution in [3.8, 4) is 11.5 Å². The van der Waals surface area contributed by atoms with E-state index in [9.17, 15) is 4.79 Å². The summed E-state index contributed by atoms with van der Waals surface area (Å²) in [6.07, 6.45) is 0.927. The summed E-state index contributed by atoms with van der Waals surface area (Å²) in [6, 6.07) is 13.5. The zero-order valence-electron chi connectivity index (χ0n) is 17.1. The summed E-state index contributed by atoms with van der Waals surface area (Å²) >= 11 is 0. The molecule has 0 aliphatic rings. The number of benzene rings is 2. The summed E-state index contributed by atoms with van der Waals surface area (Å²) in [4.78, 5) is 17.1. The fourth-order valence-electron chi connectivity index (χ4n) is 3.30. The lowest BCUT2D eigenvalue weighted by molar-refractivity contribution is -0.120. The van der Waals surface area contributed by atoms with Gasteiger partial charge in [-0.3, -0.25) is 4.79 Å². The molecule has 0 saturated carbocycles. The molecule has 0 saturated heterocycles. The minimum absolute atomic E-state index is 0.0447. The van der Waals surface area contributed by atoms with E-state index in [-0.39, 0.29) is 12.3 Å². The Hall–Kier alpha value is -3.06. The number of carbonyl (C=O) groups excluding carboxylic acids is 1. The largest absolute Gasteiger partial charge is 0.493 e. The highest BCUT2D eigenvalue weighted by molar-refractivity contribution is 5.79. The Balaban J connectivity index is 1.60. The van der Waals surface area contributed by atoms with Crippen LogP contribution < -0.4 is 14.8 Å². The lowest BCUT2D eigenvalue weighted by atomic mass is 10.1. The lowest BCUT2D eigenvalue weighted by Crippen LogP contribution is -2.28. The number of carbonyl (C=O) groups is 1. The second-order valence-electron chi connectivity index (χ2n) is 6.63. The Kier molecular flexibility index (Phi) is 7.08. The van der Waals surface area contributed by atoms with Gasteiger partial charge < -0.3 is 24.1 Å². The third-order valence-corrected chi connectivity index (χ3v) is 4.74. The first kappa shape index (κ1) is 20.7. The average Bonchev–Trinajstić information content (AvgIpc) is 3.09. The van der Waals surface area contributed by atoms with Gasteiger partial charge in [0.1, 0.15) is 5.82 Å². The van der Waals surface area contributed by atoms with Gasteiger partial charge >= 0.3 is 0 Å². The van der Waals surface area contributed by atoms with Crippen LogP contribution in [-0.4, -0.2) is 49.9 Å². The molecule has 3 aromatic rings. The van der Waals surface area contributed by atoms with Crippen LogP contribution in [0.2, 0.25) is 0 Å². The third-order valence-electron chi connectivity index (χ3n) is 4.74. The molecule has 1 heterocycles. The molecule has 1 aromatic heterocycles. The second-order valence-corrected chi connectivity index (χ2v) is 6.63.